The van der Waals surface area contributed by atoms with E-state index < -0.39 is 23.2 Å². The molecule has 2 amide bonds. The first-order chi connectivity index (χ1) is 11.4. The first-order valence-electron chi connectivity index (χ1n) is 8.38. The van der Waals surface area contributed by atoms with Crippen LogP contribution in [0.3, 0.4) is 0 Å². The minimum Gasteiger partial charge on any atom is -0.394 e. The fraction of sp³-hybridized carbons (Fsp3) is 0.588. The Balaban J connectivity index is 2.11. The molecule has 134 valence electrons. The van der Waals surface area contributed by atoms with Gasteiger partial charge in [0.1, 0.15) is 5.69 Å². The van der Waals surface area contributed by atoms with Crippen LogP contribution in [0, 0.1) is 11.6 Å². The van der Waals surface area contributed by atoms with Crippen molar-refractivity contribution in [3.63, 3.8) is 0 Å². The molecule has 0 aliphatic carbocycles. The van der Waals surface area contributed by atoms with Crippen molar-refractivity contribution in [1.29, 1.82) is 0 Å². The van der Waals surface area contributed by atoms with E-state index in [0.717, 1.165) is 25.0 Å². The van der Waals surface area contributed by atoms with Gasteiger partial charge in [-0.15, -0.1) is 0 Å². The maximum absolute atomic E-state index is 14.3. The monoisotopic (exact) mass is 341 g/mol. The van der Waals surface area contributed by atoms with E-state index in [2.05, 4.69) is 10.6 Å². The van der Waals surface area contributed by atoms with Gasteiger partial charge in [-0.1, -0.05) is 13.8 Å². The standard InChI is InChI=1S/C17H25F2N3O2/c1-3-17(4-2,11-23)21-16(24)20-12-9-13(18)15(14(19)10-12)22-7-5-6-8-22/h9-10,23H,3-8,11H2,1-2H3,(H2,20,21,24). The number of benzene rings is 1. The van der Waals surface area contributed by atoms with E-state index >= 15 is 0 Å². The second-order valence-electron chi connectivity index (χ2n) is 6.21. The number of hydrogen-bond donors (Lipinski definition) is 3. The van der Waals surface area contributed by atoms with Gasteiger partial charge in [0.25, 0.3) is 0 Å². The second-order valence-corrected chi connectivity index (χ2v) is 6.21. The lowest BCUT2D eigenvalue weighted by Gasteiger charge is -2.30. The Bertz CT molecular complexity index is 554. The largest absolute Gasteiger partial charge is 0.394 e. The van der Waals surface area contributed by atoms with Crippen molar-refractivity contribution in [1.82, 2.24) is 5.32 Å². The van der Waals surface area contributed by atoms with Gasteiger partial charge in [0.2, 0.25) is 0 Å². The van der Waals surface area contributed by atoms with Crippen molar-refractivity contribution in [2.75, 3.05) is 29.9 Å². The lowest BCUT2D eigenvalue weighted by molar-refractivity contribution is 0.155. The van der Waals surface area contributed by atoms with Gasteiger partial charge in [-0.05, 0) is 37.8 Å². The van der Waals surface area contributed by atoms with Crippen molar-refractivity contribution in [2.24, 2.45) is 0 Å². The van der Waals surface area contributed by atoms with Crippen molar-refractivity contribution in [3.8, 4) is 0 Å². The number of carbonyl (C=O) groups is 1. The molecule has 0 aromatic heterocycles. The van der Waals surface area contributed by atoms with Gasteiger partial charge in [-0.3, -0.25) is 0 Å². The average molecular weight is 341 g/mol. The first kappa shape index (κ1) is 18.4. The van der Waals surface area contributed by atoms with Gasteiger partial charge >= 0.3 is 6.03 Å². The van der Waals surface area contributed by atoms with E-state index in [4.69, 9.17) is 0 Å². The van der Waals surface area contributed by atoms with Gasteiger partial charge in [0.05, 0.1) is 12.1 Å². The molecule has 0 atom stereocenters. The predicted molar refractivity (Wildman–Crippen MR) is 90.4 cm³/mol. The molecule has 1 fully saturated rings. The van der Waals surface area contributed by atoms with Crippen molar-refractivity contribution >= 4 is 17.4 Å². The lowest BCUT2D eigenvalue weighted by Crippen LogP contribution is -2.52. The number of rotatable bonds is 6. The summed E-state index contributed by atoms with van der Waals surface area (Å²) >= 11 is 0. The van der Waals surface area contributed by atoms with Crippen LogP contribution in [-0.2, 0) is 0 Å². The van der Waals surface area contributed by atoms with Gasteiger partial charge in [-0.2, -0.15) is 0 Å². The number of carbonyl (C=O) groups excluding carboxylic acids is 1. The SMILES string of the molecule is CCC(CC)(CO)NC(=O)Nc1cc(F)c(N2CCCC2)c(F)c1. The number of urea groups is 1. The number of amides is 2. The third-order valence-corrected chi connectivity index (χ3v) is 4.73. The summed E-state index contributed by atoms with van der Waals surface area (Å²) in [5.41, 5.74) is -0.730. The highest BCUT2D eigenvalue weighted by molar-refractivity contribution is 5.90. The maximum Gasteiger partial charge on any atom is 0.319 e. The van der Waals surface area contributed by atoms with Crippen LogP contribution in [0.1, 0.15) is 39.5 Å². The third kappa shape index (κ3) is 3.95. The fourth-order valence-corrected chi connectivity index (χ4v) is 2.97. The van der Waals surface area contributed by atoms with Crippen molar-refractivity contribution < 1.29 is 18.7 Å². The summed E-state index contributed by atoms with van der Waals surface area (Å²) < 4.78 is 28.5. The van der Waals surface area contributed by atoms with Crippen molar-refractivity contribution in [3.05, 3.63) is 23.8 Å². The molecule has 7 heteroatoms. The van der Waals surface area contributed by atoms with Gasteiger partial charge < -0.3 is 20.6 Å². The minimum atomic E-state index is -0.739. The van der Waals surface area contributed by atoms with Crippen molar-refractivity contribution in [2.45, 2.75) is 45.1 Å². The zero-order chi connectivity index (χ0) is 17.7. The molecule has 0 bridgehead atoms. The molecule has 0 unspecified atom stereocenters. The molecular weight excluding hydrogens is 316 g/mol. The second kappa shape index (κ2) is 7.79. The van der Waals surface area contributed by atoms with Crippen LogP contribution in [0.25, 0.3) is 0 Å². The first-order valence-corrected chi connectivity index (χ1v) is 8.38. The van der Waals surface area contributed by atoms with Crippen LogP contribution >= 0.6 is 0 Å². The van der Waals surface area contributed by atoms with E-state index in [1.165, 1.54) is 0 Å². The molecule has 1 aromatic carbocycles. The zero-order valence-corrected chi connectivity index (χ0v) is 14.2. The Hall–Kier alpha value is -1.89. The lowest BCUT2D eigenvalue weighted by atomic mass is 9.94. The van der Waals surface area contributed by atoms with Crippen LogP contribution in [0.15, 0.2) is 12.1 Å². The highest BCUT2D eigenvalue weighted by Crippen LogP contribution is 2.29. The normalized spacial score (nSPS) is 14.8. The Labute approximate surface area is 141 Å². The number of aliphatic hydroxyl groups is 1. The molecule has 3 N–H and O–H groups in total. The van der Waals surface area contributed by atoms with Crippen LogP contribution in [-0.4, -0.2) is 36.4 Å². The summed E-state index contributed by atoms with van der Waals surface area (Å²) in [7, 11) is 0. The van der Waals surface area contributed by atoms with Crippen LogP contribution in [0.2, 0.25) is 0 Å². The molecule has 0 saturated carbocycles. The number of anilines is 2. The van der Waals surface area contributed by atoms with Gasteiger partial charge in [0, 0.05) is 18.8 Å². The van der Waals surface area contributed by atoms with Crippen LogP contribution in [0.5, 0.6) is 0 Å². The highest BCUT2D eigenvalue weighted by atomic mass is 19.1. The number of nitrogens with one attached hydrogen (secondary N) is 2. The van der Waals surface area contributed by atoms with Crippen LogP contribution in [0.4, 0.5) is 25.0 Å². The van der Waals surface area contributed by atoms with E-state index in [1.54, 1.807) is 4.90 Å². The summed E-state index contributed by atoms with van der Waals surface area (Å²) in [6.45, 7) is 4.76. The molecule has 1 aliphatic heterocycles. The Morgan fingerprint density at radius 1 is 1.21 bits per heavy atom. The molecule has 2 rings (SSSR count). The number of nitrogens with zero attached hydrogens (tertiary/aromatic N) is 1. The van der Waals surface area contributed by atoms with E-state index in [0.29, 0.717) is 25.9 Å². The predicted octanol–water partition coefficient (Wildman–Crippen LogP) is 3.24. The smallest absolute Gasteiger partial charge is 0.319 e. The molecule has 0 radical (unpaired) electrons. The minimum absolute atomic E-state index is 0.0368. The molecule has 0 spiro atoms. The number of aliphatic hydroxyl groups excluding tert-OH is 1. The summed E-state index contributed by atoms with van der Waals surface area (Å²) in [5.74, 6) is -1.38. The topological polar surface area (TPSA) is 64.6 Å². The molecular formula is C17H25F2N3O2. The molecule has 5 nitrogen and oxygen atoms in total. The highest BCUT2D eigenvalue weighted by Gasteiger charge is 2.27. The van der Waals surface area contributed by atoms with Gasteiger partial charge in [0.15, 0.2) is 11.6 Å². The summed E-state index contributed by atoms with van der Waals surface area (Å²) in [6, 6.07) is 1.64. The molecule has 1 saturated heterocycles. The Morgan fingerprint density at radius 2 is 1.75 bits per heavy atom. The Kier molecular flexibility index (Phi) is 5.99. The Morgan fingerprint density at radius 3 is 2.21 bits per heavy atom. The van der Waals surface area contributed by atoms with Gasteiger partial charge in [-0.25, -0.2) is 13.6 Å². The fourth-order valence-electron chi connectivity index (χ4n) is 2.97. The average Bonchev–Trinajstić information content (AvgIpc) is 3.06. The van der Waals surface area contributed by atoms with Crippen LogP contribution < -0.4 is 15.5 Å². The molecule has 24 heavy (non-hydrogen) atoms. The van der Waals surface area contributed by atoms with E-state index in [-0.39, 0.29) is 18.0 Å². The summed E-state index contributed by atoms with van der Waals surface area (Å²) in [5, 5.41) is 14.6. The zero-order valence-electron chi connectivity index (χ0n) is 14.2. The van der Waals surface area contributed by atoms with E-state index in [9.17, 15) is 18.7 Å². The summed E-state index contributed by atoms with van der Waals surface area (Å²) in [6.07, 6.45) is 2.92. The number of halogens is 2. The molecule has 1 heterocycles. The molecule has 1 aliphatic rings. The maximum atomic E-state index is 14.3. The third-order valence-electron chi connectivity index (χ3n) is 4.73. The summed E-state index contributed by atoms with van der Waals surface area (Å²) in [4.78, 5) is 13.8. The van der Waals surface area contributed by atoms with E-state index in [1.807, 2.05) is 13.8 Å². The quantitative estimate of drug-likeness (QED) is 0.744. The molecule has 1 aromatic rings. The number of hydrogen-bond acceptors (Lipinski definition) is 3.